The Bertz CT molecular complexity index is 640. The fourth-order valence-electron chi connectivity index (χ4n) is 2.78. The molecule has 1 amide bonds. The Hall–Kier alpha value is -2.30. The van der Waals surface area contributed by atoms with Crippen molar-refractivity contribution < 1.29 is 19.4 Å². The van der Waals surface area contributed by atoms with Crippen molar-refractivity contribution in [2.75, 3.05) is 0 Å². The molecule has 2 rings (SSSR count). The summed E-state index contributed by atoms with van der Waals surface area (Å²) in [5, 5.41) is 12.2. The lowest BCUT2D eigenvalue weighted by molar-refractivity contribution is -0.142. The van der Waals surface area contributed by atoms with Gasteiger partial charge in [0.15, 0.2) is 0 Å². The Morgan fingerprint density at radius 1 is 1.21 bits per heavy atom. The molecule has 0 heterocycles. The molecule has 0 aliphatic heterocycles. The number of carbonyl (C=O) groups excluding carboxylic acids is 1. The lowest BCUT2D eigenvalue weighted by Crippen LogP contribution is -2.46. The second-order valence-electron chi connectivity index (χ2n) is 7.23. The monoisotopic (exact) mass is 331 g/mol. The molecule has 24 heavy (non-hydrogen) atoms. The summed E-state index contributed by atoms with van der Waals surface area (Å²) < 4.78 is 5.23. The number of carboxylic acids is 1. The van der Waals surface area contributed by atoms with E-state index in [0.29, 0.717) is 12.8 Å². The highest BCUT2D eigenvalue weighted by molar-refractivity contribution is 5.79. The van der Waals surface area contributed by atoms with E-state index in [0.717, 1.165) is 16.7 Å². The number of aliphatic carboxylic acids is 1. The number of nitrogens with one attached hydrogen (secondary N) is 1. The quantitative estimate of drug-likeness (QED) is 0.884. The van der Waals surface area contributed by atoms with E-state index in [1.807, 2.05) is 37.3 Å². The Kier molecular flexibility index (Phi) is 5.32. The second kappa shape index (κ2) is 7.07. The summed E-state index contributed by atoms with van der Waals surface area (Å²) in [6.45, 7) is 7.34. The van der Waals surface area contributed by atoms with Crippen LogP contribution < -0.4 is 5.32 Å². The van der Waals surface area contributed by atoms with Crippen LogP contribution in [0.2, 0.25) is 0 Å². The van der Waals surface area contributed by atoms with Crippen molar-refractivity contribution in [2.24, 2.45) is 5.92 Å². The zero-order valence-corrected chi connectivity index (χ0v) is 14.6. The predicted molar refractivity (Wildman–Crippen MR) is 92.7 cm³/mol. The molecule has 5 heteroatoms. The molecule has 5 nitrogen and oxygen atoms in total. The highest BCUT2D eigenvalue weighted by atomic mass is 16.6. The van der Waals surface area contributed by atoms with Gasteiger partial charge in [-0.05, 0) is 51.7 Å². The number of carboxylic acid groups (broad SMARTS) is 1. The minimum Gasteiger partial charge on any atom is -0.481 e. The van der Waals surface area contributed by atoms with E-state index in [1.54, 1.807) is 20.8 Å². The van der Waals surface area contributed by atoms with Gasteiger partial charge in [0.25, 0.3) is 0 Å². The van der Waals surface area contributed by atoms with E-state index in [1.165, 1.54) is 0 Å². The number of amides is 1. The molecular formula is C19H25NO4. The molecule has 1 aliphatic rings. The Labute approximate surface area is 142 Å². The molecule has 130 valence electrons. The molecule has 1 unspecified atom stereocenters. The van der Waals surface area contributed by atoms with Crippen molar-refractivity contribution in [2.45, 2.75) is 52.2 Å². The normalized spacial score (nSPS) is 20.9. The van der Waals surface area contributed by atoms with Crippen LogP contribution >= 0.6 is 0 Å². The van der Waals surface area contributed by atoms with E-state index >= 15 is 0 Å². The highest BCUT2D eigenvalue weighted by Gasteiger charge is 2.34. The largest absolute Gasteiger partial charge is 0.481 e. The molecule has 0 bridgehead atoms. The van der Waals surface area contributed by atoms with Gasteiger partial charge >= 0.3 is 12.1 Å². The summed E-state index contributed by atoms with van der Waals surface area (Å²) in [5.41, 5.74) is 2.59. The Morgan fingerprint density at radius 3 is 2.38 bits per heavy atom. The highest BCUT2D eigenvalue weighted by Crippen LogP contribution is 2.31. The fraction of sp³-hybridized carbons (Fsp3) is 0.474. The van der Waals surface area contributed by atoms with E-state index < -0.39 is 29.6 Å². The van der Waals surface area contributed by atoms with Crippen LogP contribution in [-0.4, -0.2) is 28.8 Å². The van der Waals surface area contributed by atoms with Crippen LogP contribution in [0.1, 0.15) is 44.7 Å². The molecule has 0 fully saturated rings. The number of alkyl carbamates (subject to hydrolysis) is 1. The molecule has 1 aliphatic carbocycles. The van der Waals surface area contributed by atoms with Gasteiger partial charge in [0.05, 0.1) is 5.92 Å². The van der Waals surface area contributed by atoms with Crippen molar-refractivity contribution in [1.29, 1.82) is 0 Å². The smallest absolute Gasteiger partial charge is 0.407 e. The lowest BCUT2D eigenvalue weighted by atomic mass is 9.82. The minimum atomic E-state index is -0.909. The number of ether oxygens (including phenoxy) is 1. The third-order valence-corrected chi connectivity index (χ3v) is 3.99. The van der Waals surface area contributed by atoms with Gasteiger partial charge in [0, 0.05) is 6.04 Å². The molecule has 0 aromatic heterocycles. The molecule has 0 saturated heterocycles. The van der Waals surface area contributed by atoms with Crippen molar-refractivity contribution >= 4 is 17.6 Å². The topological polar surface area (TPSA) is 75.6 Å². The Balaban J connectivity index is 2.12. The van der Waals surface area contributed by atoms with Gasteiger partial charge in [-0.1, -0.05) is 35.9 Å². The molecule has 0 saturated carbocycles. The molecular weight excluding hydrogens is 306 g/mol. The number of benzene rings is 1. The van der Waals surface area contributed by atoms with E-state index in [4.69, 9.17) is 4.74 Å². The number of hydrogen-bond acceptors (Lipinski definition) is 3. The van der Waals surface area contributed by atoms with Gasteiger partial charge in [-0.25, -0.2) is 4.79 Å². The zero-order valence-electron chi connectivity index (χ0n) is 14.6. The van der Waals surface area contributed by atoms with Crippen LogP contribution in [-0.2, 0) is 9.53 Å². The van der Waals surface area contributed by atoms with Crippen LogP contribution in [0.3, 0.4) is 0 Å². The maximum absolute atomic E-state index is 11.9. The standard InChI is InChI=1S/C19H25NO4/c1-12-5-7-13(8-6-12)14-9-10-16(15(11-14)17(21)22)20-18(23)24-19(2,3)4/h5-9,15-16H,10-11H2,1-4H3,(H,20,23)(H,21,22)/t15-,16?/m0/s1. The predicted octanol–water partition coefficient (Wildman–Crippen LogP) is 3.77. The number of carbonyl (C=O) groups is 2. The van der Waals surface area contributed by atoms with Crippen LogP contribution in [0, 0.1) is 12.8 Å². The summed E-state index contributed by atoms with van der Waals surface area (Å²) in [7, 11) is 0. The van der Waals surface area contributed by atoms with Crippen molar-refractivity contribution in [3.8, 4) is 0 Å². The molecule has 2 N–H and O–H groups in total. The maximum Gasteiger partial charge on any atom is 0.407 e. The first kappa shape index (κ1) is 18.0. The van der Waals surface area contributed by atoms with Gasteiger partial charge in [-0.2, -0.15) is 0 Å². The summed E-state index contributed by atoms with van der Waals surface area (Å²) >= 11 is 0. The third kappa shape index (κ3) is 4.85. The van der Waals surface area contributed by atoms with E-state index in [2.05, 4.69) is 5.32 Å². The van der Waals surface area contributed by atoms with Crippen molar-refractivity contribution in [3.63, 3.8) is 0 Å². The fourth-order valence-corrected chi connectivity index (χ4v) is 2.78. The zero-order chi connectivity index (χ0) is 17.9. The third-order valence-electron chi connectivity index (χ3n) is 3.99. The molecule has 0 spiro atoms. The van der Waals surface area contributed by atoms with Gasteiger partial charge in [-0.3, -0.25) is 4.79 Å². The summed E-state index contributed by atoms with van der Waals surface area (Å²) in [6.07, 6.45) is 2.29. The summed E-state index contributed by atoms with van der Waals surface area (Å²) in [6, 6.07) is 7.56. The first-order valence-electron chi connectivity index (χ1n) is 8.14. The average Bonchev–Trinajstić information content (AvgIpc) is 2.46. The molecule has 0 radical (unpaired) electrons. The molecule has 1 aromatic rings. The Morgan fingerprint density at radius 2 is 1.83 bits per heavy atom. The van der Waals surface area contributed by atoms with Crippen LogP contribution in [0.5, 0.6) is 0 Å². The summed E-state index contributed by atoms with van der Waals surface area (Å²) in [4.78, 5) is 23.6. The van der Waals surface area contributed by atoms with Gasteiger partial charge in [0.2, 0.25) is 0 Å². The van der Waals surface area contributed by atoms with Crippen molar-refractivity contribution in [3.05, 3.63) is 41.5 Å². The first-order valence-corrected chi connectivity index (χ1v) is 8.14. The number of allylic oxidation sites excluding steroid dienone is 1. The van der Waals surface area contributed by atoms with E-state index in [9.17, 15) is 14.7 Å². The average molecular weight is 331 g/mol. The number of rotatable bonds is 3. The number of hydrogen-bond donors (Lipinski definition) is 2. The van der Waals surface area contributed by atoms with Gasteiger partial charge in [0.1, 0.15) is 5.60 Å². The minimum absolute atomic E-state index is 0.388. The van der Waals surface area contributed by atoms with Crippen LogP contribution in [0.4, 0.5) is 4.79 Å². The first-order chi connectivity index (χ1) is 11.2. The molecule has 2 atom stereocenters. The van der Waals surface area contributed by atoms with Crippen LogP contribution in [0.25, 0.3) is 5.57 Å². The second-order valence-corrected chi connectivity index (χ2v) is 7.23. The summed E-state index contributed by atoms with van der Waals surface area (Å²) in [5.74, 6) is -1.58. The number of aryl methyl sites for hydroxylation is 1. The molecule has 1 aromatic carbocycles. The maximum atomic E-state index is 11.9. The lowest BCUT2D eigenvalue weighted by Gasteiger charge is -2.30. The van der Waals surface area contributed by atoms with Crippen molar-refractivity contribution in [1.82, 2.24) is 5.32 Å². The van der Waals surface area contributed by atoms with Gasteiger partial charge in [-0.15, -0.1) is 0 Å². The SMILES string of the molecule is Cc1ccc(C2=CCC(NC(=O)OC(C)(C)C)[C@@H](C(=O)O)C2)cc1. The van der Waals surface area contributed by atoms with Crippen LogP contribution in [0.15, 0.2) is 30.3 Å². The van der Waals surface area contributed by atoms with Gasteiger partial charge < -0.3 is 15.2 Å². The van der Waals surface area contributed by atoms with E-state index in [-0.39, 0.29) is 0 Å².